The number of H-pyrrole nitrogens is 1. The van der Waals surface area contributed by atoms with Crippen LogP contribution in [-0.4, -0.2) is 42.5 Å². The Bertz CT molecular complexity index is 1230. The van der Waals surface area contributed by atoms with E-state index in [0.717, 1.165) is 19.3 Å². The van der Waals surface area contributed by atoms with E-state index in [1.54, 1.807) is 17.9 Å². The molecule has 164 valence electrons. The van der Waals surface area contributed by atoms with Gasteiger partial charge in [-0.15, -0.1) is 0 Å². The molecule has 2 N–H and O–H groups in total. The number of hydrogen-bond donors (Lipinski definition) is 2. The van der Waals surface area contributed by atoms with Crippen LogP contribution in [0.5, 0.6) is 0 Å². The summed E-state index contributed by atoms with van der Waals surface area (Å²) in [7, 11) is -4.12. The summed E-state index contributed by atoms with van der Waals surface area (Å²) in [5.74, 6) is -0.573. The van der Waals surface area contributed by atoms with Gasteiger partial charge >= 0.3 is 0 Å². The van der Waals surface area contributed by atoms with Crippen molar-refractivity contribution in [2.45, 2.75) is 38.0 Å². The maximum atomic E-state index is 14.1. The maximum Gasteiger partial charge on any atom is 0.265 e. The number of carbonyl (C=O) groups is 1. The highest BCUT2D eigenvalue weighted by molar-refractivity contribution is 7.92. The first kappa shape index (κ1) is 21.1. The third kappa shape index (κ3) is 4.20. The molecule has 2 aromatic heterocycles. The van der Waals surface area contributed by atoms with Crippen LogP contribution in [-0.2, 0) is 10.0 Å². The summed E-state index contributed by atoms with van der Waals surface area (Å²) in [5.41, 5.74) is 1.14. The minimum absolute atomic E-state index is 0.112. The van der Waals surface area contributed by atoms with E-state index in [0.29, 0.717) is 29.9 Å². The van der Waals surface area contributed by atoms with E-state index >= 15 is 0 Å². The van der Waals surface area contributed by atoms with Crippen LogP contribution in [0.1, 0.15) is 40.9 Å². The fraction of sp³-hybridized carbons (Fsp3) is 0.333. The molecule has 0 bridgehead atoms. The van der Waals surface area contributed by atoms with Crippen molar-refractivity contribution in [3.63, 3.8) is 0 Å². The van der Waals surface area contributed by atoms with E-state index < -0.39 is 15.8 Å². The standard InChI is InChI=1S/C21H23FN4O4S/c1-13-6-7-17(16(22)10-13)25-31(28,29)19-11-18(30-14(19)2)20-15(12-23-24-20)21(27)26-8-4-3-5-9-26/h6-7,10-12,25H,3-5,8-9H2,1-2H3,(H,23,24). The highest BCUT2D eigenvalue weighted by Gasteiger charge is 2.28. The van der Waals surface area contributed by atoms with Crippen molar-refractivity contribution in [1.82, 2.24) is 15.1 Å². The van der Waals surface area contributed by atoms with Crippen molar-refractivity contribution in [3.05, 3.63) is 53.2 Å². The molecule has 8 nitrogen and oxygen atoms in total. The van der Waals surface area contributed by atoms with Gasteiger partial charge in [0.25, 0.3) is 15.9 Å². The Labute approximate surface area is 179 Å². The molecule has 4 rings (SSSR count). The number of carbonyl (C=O) groups excluding carboxylic acids is 1. The van der Waals surface area contributed by atoms with Gasteiger partial charge in [-0.05, 0) is 50.8 Å². The molecule has 1 saturated heterocycles. The second-order valence-electron chi connectivity index (χ2n) is 7.63. The molecule has 1 aromatic carbocycles. The highest BCUT2D eigenvalue weighted by Crippen LogP contribution is 2.31. The van der Waals surface area contributed by atoms with E-state index in [1.807, 2.05) is 0 Å². The number of aromatic amines is 1. The van der Waals surface area contributed by atoms with E-state index in [4.69, 9.17) is 4.42 Å². The number of furan rings is 1. The predicted molar refractivity (Wildman–Crippen MR) is 113 cm³/mol. The Morgan fingerprint density at radius 2 is 1.94 bits per heavy atom. The monoisotopic (exact) mass is 446 g/mol. The largest absolute Gasteiger partial charge is 0.458 e. The fourth-order valence-corrected chi connectivity index (χ4v) is 4.91. The molecule has 10 heteroatoms. The van der Waals surface area contributed by atoms with E-state index in [9.17, 15) is 17.6 Å². The summed E-state index contributed by atoms with van der Waals surface area (Å²) >= 11 is 0. The number of sulfonamides is 1. The number of halogens is 1. The Morgan fingerprint density at radius 3 is 2.65 bits per heavy atom. The molecule has 0 unspecified atom stereocenters. The van der Waals surface area contributed by atoms with Gasteiger partial charge in [0.15, 0.2) is 5.76 Å². The van der Waals surface area contributed by atoms with Crippen molar-refractivity contribution in [2.75, 3.05) is 17.8 Å². The Kier molecular flexibility index (Phi) is 5.57. The topological polar surface area (TPSA) is 108 Å². The number of aromatic nitrogens is 2. The molecule has 31 heavy (non-hydrogen) atoms. The third-order valence-corrected chi connectivity index (χ3v) is 6.76. The minimum Gasteiger partial charge on any atom is -0.458 e. The number of nitrogens with zero attached hydrogens (tertiary/aromatic N) is 2. The first-order valence-corrected chi connectivity index (χ1v) is 11.5. The third-order valence-electron chi connectivity index (χ3n) is 5.29. The summed E-state index contributed by atoms with van der Waals surface area (Å²) in [5, 5.41) is 6.69. The summed E-state index contributed by atoms with van der Waals surface area (Å²) in [6.07, 6.45) is 4.40. The van der Waals surface area contributed by atoms with Crippen LogP contribution in [0.2, 0.25) is 0 Å². The average molecular weight is 447 g/mol. The lowest BCUT2D eigenvalue weighted by Gasteiger charge is -2.26. The molecule has 1 aliphatic heterocycles. The SMILES string of the molecule is Cc1ccc(NS(=O)(=O)c2cc(-c3[nH]ncc3C(=O)N3CCCCC3)oc2C)c(F)c1. The quantitative estimate of drug-likeness (QED) is 0.619. The number of hydrogen-bond acceptors (Lipinski definition) is 5. The smallest absolute Gasteiger partial charge is 0.265 e. The van der Waals surface area contributed by atoms with Gasteiger partial charge in [0, 0.05) is 19.2 Å². The molecular formula is C21H23FN4O4S. The molecular weight excluding hydrogens is 423 g/mol. The van der Waals surface area contributed by atoms with Crippen molar-refractivity contribution >= 4 is 21.6 Å². The minimum atomic E-state index is -4.12. The van der Waals surface area contributed by atoms with E-state index in [1.165, 1.54) is 31.3 Å². The van der Waals surface area contributed by atoms with Gasteiger partial charge in [-0.25, -0.2) is 12.8 Å². The van der Waals surface area contributed by atoms with Gasteiger partial charge in [-0.2, -0.15) is 5.10 Å². The molecule has 0 aliphatic carbocycles. The number of benzene rings is 1. The lowest BCUT2D eigenvalue weighted by atomic mass is 10.1. The van der Waals surface area contributed by atoms with Crippen LogP contribution in [0.4, 0.5) is 10.1 Å². The van der Waals surface area contributed by atoms with Crippen molar-refractivity contribution in [1.29, 1.82) is 0 Å². The Balaban J connectivity index is 1.64. The van der Waals surface area contributed by atoms with Crippen LogP contribution in [0.15, 0.2) is 39.8 Å². The number of rotatable bonds is 5. The van der Waals surface area contributed by atoms with Crippen LogP contribution in [0.25, 0.3) is 11.5 Å². The number of amides is 1. The van der Waals surface area contributed by atoms with Gasteiger partial charge in [0.1, 0.15) is 22.2 Å². The number of anilines is 1. The zero-order chi connectivity index (χ0) is 22.2. The van der Waals surface area contributed by atoms with Crippen molar-refractivity contribution in [3.8, 4) is 11.5 Å². The molecule has 1 fully saturated rings. The fourth-order valence-electron chi connectivity index (χ4n) is 3.66. The van der Waals surface area contributed by atoms with Gasteiger partial charge in [0.2, 0.25) is 0 Å². The second kappa shape index (κ2) is 8.18. The molecule has 3 aromatic rings. The number of nitrogens with one attached hydrogen (secondary N) is 2. The van der Waals surface area contributed by atoms with Crippen molar-refractivity contribution in [2.24, 2.45) is 0 Å². The lowest BCUT2D eigenvalue weighted by Crippen LogP contribution is -2.35. The predicted octanol–water partition coefficient (Wildman–Crippen LogP) is 3.85. The van der Waals surface area contributed by atoms with Gasteiger partial charge in [-0.3, -0.25) is 14.6 Å². The van der Waals surface area contributed by atoms with Gasteiger partial charge in [0.05, 0.1) is 17.4 Å². The van der Waals surface area contributed by atoms with Gasteiger partial charge < -0.3 is 9.32 Å². The molecule has 0 radical (unpaired) electrons. The zero-order valence-electron chi connectivity index (χ0n) is 17.2. The summed E-state index contributed by atoms with van der Waals surface area (Å²) in [6.45, 7) is 4.55. The van der Waals surface area contributed by atoms with Crippen LogP contribution >= 0.6 is 0 Å². The molecule has 0 atom stereocenters. The molecule has 0 spiro atoms. The Hall–Kier alpha value is -3.14. The van der Waals surface area contributed by atoms with Crippen LogP contribution in [0.3, 0.4) is 0 Å². The molecule has 1 aliphatic rings. The molecule has 0 saturated carbocycles. The molecule has 1 amide bonds. The zero-order valence-corrected chi connectivity index (χ0v) is 18.1. The van der Waals surface area contributed by atoms with Crippen LogP contribution < -0.4 is 4.72 Å². The second-order valence-corrected chi connectivity index (χ2v) is 9.28. The summed E-state index contributed by atoms with van der Waals surface area (Å²) in [6, 6.07) is 5.53. The highest BCUT2D eigenvalue weighted by atomic mass is 32.2. The van der Waals surface area contributed by atoms with Gasteiger partial charge in [-0.1, -0.05) is 6.07 Å². The summed E-state index contributed by atoms with van der Waals surface area (Å²) in [4.78, 5) is 14.5. The van der Waals surface area contributed by atoms with Crippen LogP contribution in [0, 0.1) is 19.7 Å². The lowest BCUT2D eigenvalue weighted by molar-refractivity contribution is 0.0725. The average Bonchev–Trinajstić information content (AvgIpc) is 3.37. The number of likely N-dealkylation sites (tertiary alicyclic amines) is 1. The van der Waals surface area contributed by atoms with Crippen molar-refractivity contribution < 1.29 is 22.0 Å². The van der Waals surface area contributed by atoms with E-state index in [-0.39, 0.29) is 28.0 Å². The summed E-state index contributed by atoms with van der Waals surface area (Å²) < 4.78 is 47.8. The number of aryl methyl sites for hydroxylation is 2. The molecule has 3 heterocycles. The Morgan fingerprint density at radius 1 is 1.19 bits per heavy atom. The first-order valence-electron chi connectivity index (χ1n) is 9.98. The first-order chi connectivity index (χ1) is 14.8. The number of piperidine rings is 1. The normalized spacial score (nSPS) is 14.6. The maximum absolute atomic E-state index is 14.1. The van der Waals surface area contributed by atoms with E-state index in [2.05, 4.69) is 14.9 Å².